The van der Waals surface area contributed by atoms with Crippen LogP contribution in [0.3, 0.4) is 0 Å². The van der Waals surface area contributed by atoms with Crippen LogP contribution < -0.4 is 20.9 Å². The van der Waals surface area contributed by atoms with E-state index in [4.69, 9.17) is 27.6 Å². The molecule has 2 unspecified atom stereocenters. The summed E-state index contributed by atoms with van der Waals surface area (Å²) in [6.07, 6.45) is 0.448. The van der Waals surface area contributed by atoms with E-state index in [9.17, 15) is 23.8 Å². The van der Waals surface area contributed by atoms with Crippen molar-refractivity contribution in [2.75, 3.05) is 25.1 Å². The molecule has 4 fully saturated rings. The first-order valence-electron chi connectivity index (χ1n) is 14.8. The van der Waals surface area contributed by atoms with Gasteiger partial charge in [0.1, 0.15) is 30.7 Å². The summed E-state index contributed by atoms with van der Waals surface area (Å²) in [6, 6.07) is 1.19. The number of ether oxygens (including phenoxy) is 2. The average Bonchev–Trinajstić information content (AvgIpc) is 3.84. The molecule has 248 valence electrons. The number of aliphatic hydroxyl groups excluding tert-OH is 1. The highest BCUT2D eigenvalue weighted by molar-refractivity contribution is 7.33. The SMILES string of the molecule is O=C(Nc1nc2c(ncn2[C@@H]2O[C@@H]3CO[PH](=O)O[C@H]4C[C@H](Oc5ccncn5)C[C@@H]4CO[PH](=O)O[C@@H]2[C@@H]3O)c(=O)[nH]1)[C@H]1CCCN1. The van der Waals surface area contributed by atoms with Crippen LogP contribution in [0.15, 0.2) is 29.7 Å². The number of amides is 1. The Balaban J connectivity index is 1.10. The molecule has 0 aromatic carbocycles. The van der Waals surface area contributed by atoms with Crippen molar-refractivity contribution < 1.29 is 46.6 Å². The first-order chi connectivity index (χ1) is 22.3. The number of nitrogens with one attached hydrogen (secondary N) is 3. The van der Waals surface area contributed by atoms with Gasteiger partial charge in [-0.3, -0.25) is 38.1 Å². The van der Waals surface area contributed by atoms with Gasteiger partial charge in [-0.25, -0.2) is 15.0 Å². The number of carbonyl (C=O) groups excluding carboxylic acids is 1. The number of carbonyl (C=O) groups is 1. The van der Waals surface area contributed by atoms with Crippen LogP contribution in [0, 0.1) is 5.92 Å². The molecule has 7 rings (SSSR count). The standard InChI is InChI=1S/C25H32N8O11P2/c34-19-16-9-40-45(37)43-15-7-13(41-17-3-5-26-10-28-17)6-12(15)8-39-46(38)44-20(19)24(42-16)33-11-29-18-21(33)30-25(32-23(18)36)31-22(35)14-2-1-4-27-14/h3,5,10-16,19-20,24,27,34,45-46H,1-2,4,6-9H2,(H2,30,31,32,35,36)/t12-,13-,14-,15+,16-,19-,20-,24-/m1/s1. The number of aromatic amines is 1. The van der Waals surface area contributed by atoms with Gasteiger partial charge in [0.05, 0.1) is 31.7 Å². The van der Waals surface area contributed by atoms with Crippen molar-refractivity contribution in [2.24, 2.45) is 5.92 Å². The molecular formula is C25H32N8O11P2. The average molecular weight is 683 g/mol. The zero-order chi connectivity index (χ0) is 31.8. The normalized spacial score (nSPS) is 35.2. The number of anilines is 1. The molecule has 10 atom stereocenters. The van der Waals surface area contributed by atoms with Crippen LogP contribution in [0.5, 0.6) is 5.88 Å². The van der Waals surface area contributed by atoms with E-state index in [1.807, 2.05) is 0 Å². The fraction of sp³-hybridized carbons (Fsp3) is 0.600. The smallest absolute Gasteiger partial charge is 0.319 e. The summed E-state index contributed by atoms with van der Waals surface area (Å²) in [7, 11) is -6.33. The third-order valence-electron chi connectivity index (χ3n) is 8.33. The Morgan fingerprint density at radius 3 is 2.78 bits per heavy atom. The lowest BCUT2D eigenvalue weighted by molar-refractivity contribution is -0.117. The van der Waals surface area contributed by atoms with Gasteiger partial charge in [-0.15, -0.1) is 0 Å². The van der Waals surface area contributed by atoms with Gasteiger partial charge >= 0.3 is 16.5 Å². The van der Waals surface area contributed by atoms with Crippen LogP contribution in [0.4, 0.5) is 5.95 Å². The zero-order valence-corrected chi connectivity index (χ0v) is 26.1. The fourth-order valence-electron chi connectivity index (χ4n) is 6.09. The highest BCUT2D eigenvalue weighted by Crippen LogP contribution is 2.44. The molecule has 2 bridgehead atoms. The van der Waals surface area contributed by atoms with Crippen molar-refractivity contribution in [3.05, 3.63) is 35.3 Å². The number of nitrogens with zero attached hydrogens (tertiary/aromatic N) is 5. The summed E-state index contributed by atoms with van der Waals surface area (Å²) >= 11 is 0. The van der Waals surface area contributed by atoms with E-state index in [1.54, 1.807) is 12.3 Å². The minimum Gasteiger partial charge on any atom is -0.474 e. The van der Waals surface area contributed by atoms with E-state index < -0.39 is 58.8 Å². The minimum atomic E-state index is -3.24. The lowest BCUT2D eigenvalue weighted by atomic mass is 10.1. The van der Waals surface area contributed by atoms with E-state index in [2.05, 4.69) is 35.6 Å². The fourth-order valence-corrected chi connectivity index (χ4v) is 7.89. The van der Waals surface area contributed by atoms with Crippen molar-refractivity contribution in [1.82, 2.24) is 34.8 Å². The van der Waals surface area contributed by atoms with Crippen molar-refractivity contribution in [1.29, 1.82) is 0 Å². The predicted octanol–water partition coefficient (Wildman–Crippen LogP) is 0.313. The highest BCUT2D eigenvalue weighted by atomic mass is 31.1. The molecule has 3 aromatic rings. The molecule has 21 heteroatoms. The van der Waals surface area contributed by atoms with Gasteiger partial charge in [-0.2, -0.15) is 4.98 Å². The summed E-state index contributed by atoms with van der Waals surface area (Å²) in [5.41, 5.74) is -0.693. The molecule has 19 nitrogen and oxygen atoms in total. The first-order valence-corrected chi connectivity index (χ1v) is 17.2. The number of rotatable bonds is 5. The molecule has 1 aliphatic carbocycles. The molecule has 0 radical (unpaired) electrons. The molecule has 3 aliphatic heterocycles. The molecular weight excluding hydrogens is 650 g/mol. The van der Waals surface area contributed by atoms with Gasteiger partial charge in [0.25, 0.3) is 5.56 Å². The van der Waals surface area contributed by atoms with Gasteiger partial charge in [0.15, 0.2) is 17.4 Å². The quantitative estimate of drug-likeness (QED) is 0.265. The Morgan fingerprint density at radius 1 is 1.13 bits per heavy atom. The molecule has 4 N–H and O–H groups in total. The number of aliphatic hydroxyl groups is 1. The Hall–Kier alpha value is -3.12. The number of hydrogen-bond donors (Lipinski definition) is 4. The molecule has 46 heavy (non-hydrogen) atoms. The molecule has 4 aliphatic rings. The van der Waals surface area contributed by atoms with E-state index in [-0.39, 0.29) is 48.3 Å². The molecule has 3 aromatic heterocycles. The van der Waals surface area contributed by atoms with Gasteiger partial charge < -0.3 is 33.5 Å². The summed E-state index contributed by atoms with van der Waals surface area (Å²) in [5, 5.41) is 16.8. The maximum atomic E-state index is 13.1. The largest absolute Gasteiger partial charge is 0.474 e. The van der Waals surface area contributed by atoms with Crippen LogP contribution in [-0.4, -0.2) is 96.8 Å². The number of fused-ring (bicyclic) bond motifs is 4. The Kier molecular flexibility index (Phi) is 9.27. The third-order valence-corrected chi connectivity index (χ3v) is 10.1. The number of hydrogen-bond acceptors (Lipinski definition) is 16. The van der Waals surface area contributed by atoms with Crippen LogP contribution in [-0.2, 0) is 36.8 Å². The second kappa shape index (κ2) is 13.5. The van der Waals surface area contributed by atoms with Crippen molar-refractivity contribution in [3.63, 3.8) is 0 Å². The summed E-state index contributed by atoms with van der Waals surface area (Å²) in [6.45, 7) is 0.268. The molecule has 6 heterocycles. The topological polar surface area (TPSA) is 240 Å². The molecule has 1 saturated carbocycles. The Bertz CT molecular complexity index is 1670. The van der Waals surface area contributed by atoms with Gasteiger partial charge in [0.2, 0.25) is 17.7 Å². The van der Waals surface area contributed by atoms with Crippen LogP contribution in [0.2, 0.25) is 0 Å². The number of H-pyrrole nitrogens is 1. The van der Waals surface area contributed by atoms with E-state index in [0.29, 0.717) is 31.7 Å². The maximum absolute atomic E-state index is 13.1. The third kappa shape index (κ3) is 6.65. The second-order valence-electron chi connectivity index (χ2n) is 11.3. The lowest BCUT2D eigenvalue weighted by Gasteiger charge is -2.23. The van der Waals surface area contributed by atoms with Crippen molar-refractivity contribution in [3.8, 4) is 5.88 Å². The lowest BCUT2D eigenvalue weighted by Crippen LogP contribution is -2.36. The van der Waals surface area contributed by atoms with Gasteiger partial charge in [-0.05, 0) is 25.8 Å². The number of imidazole rings is 1. The van der Waals surface area contributed by atoms with Gasteiger partial charge in [-0.1, -0.05) is 0 Å². The van der Waals surface area contributed by atoms with Crippen molar-refractivity contribution >= 4 is 39.5 Å². The van der Waals surface area contributed by atoms with Crippen LogP contribution in [0.1, 0.15) is 31.9 Å². The van der Waals surface area contributed by atoms with Gasteiger partial charge in [0, 0.05) is 24.6 Å². The second-order valence-corrected chi connectivity index (χ2v) is 13.4. The van der Waals surface area contributed by atoms with E-state index >= 15 is 0 Å². The Morgan fingerprint density at radius 2 is 1.98 bits per heavy atom. The minimum absolute atomic E-state index is 0.00735. The zero-order valence-electron chi connectivity index (χ0n) is 24.1. The van der Waals surface area contributed by atoms with Crippen molar-refractivity contribution in [2.45, 2.75) is 68.5 Å². The summed E-state index contributed by atoms with van der Waals surface area (Å²) in [5.74, 6) is -0.466. The Labute approximate surface area is 261 Å². The van der Waals surface area contributed by atoms with Crippen LogP contribution >= 0.6 is 16.5 Å². The molecule has 3 saturated heterocycles. The highest BCUT2D eigenvalue weighted by Gasteiger charge is 2.48. The first kappa shape index (κ1) is 31.5. The molecule has 0 spiro atoms. The summed E-state index contributed by atoms with van der Waals surface area (Å²) in [4.78, 5) is 44.4. The predicted molar refractivity (Wildman–Crippen MR) is 157 cm³/mol. The summed E-state index contributed by atoms with van der Waals surface area (Å²) < 4.78 is 61.9. The maximum Gasteiger partial charge on any atom is 0.319 e. The monoisotopic (exact) mass is 682 g/mol. The van der Waals surface area contributed by atoms with E-state index in [0.717, 1.165) is 6.42 Å². The number of aromatic nitrogens is 6. The van der Waals surface area contributed by atoms with Crippen LogP contribution in [0.25, 0.3) is 11.2 Å². The van der Waals surface area contributed by atoms with E-state index in [1.165, 1.54) is 17.2 Å². The molecule has 1 amide bonds.